The molecule has 0 aromatic carbocycles. The van der Waals surface area contributed by atoms with Crippen LogP contribution >= 0.6 is 0 Å². The first-order valence-electron chi connectivity index (χ1n) is 5.11. The van der Waals surface area contributed by atoms with E-state index in [2.05, 4.69) is 4.98 Å². The Balaban J connectivity index is 2.79. The van der Waals surface area contributed by atoms with Gasteiger partial charge < -0.3 is 15.7 Å². The van der Waals surface area contributed by atoms with Gasteiger partial charge >= 0.3 is 0 Å². The van der Waals surface area contributed by atoms with E-state index in [1.807, 2.05) is 37.9 Å². The zero-order valence-corrected chi connectivity index (χ0v) is 9.51. The summed E-state index contributed by atoms with van der Waals surface area (Å²) in [5.41, 5.74) is 6.75. The second-order valence-corrected chi connectivity index (χ2v) is 3.88. The number of aromatic nitrogens is 1. The first-order valence-corrected chi connectivity index (χ1v) is 5.11. The van der Waals surface area contributed by atoms with Crippen LogP contribution in [-0.2, 0) is 0 Å². The van der Waals surface area contributed by atoms with Crippen molar-refractivity contribution in [3.63, 3.8) is 0 Å². The van der Waals surface area contributed by atoms with Gasteiger partial charge in [0.1, 0.15) is 5.82 Å². The molecule has 0 aliphatic heterocycles. The lowest BCUT2D eigenvalue weighted by Gasteiger charge is -2.24. The molecule has 0 amide bonds. The summed E-state index contributed by atoms with van der Waals surface area (Å²) in [6.07, 6.45) is 1.78. The molecule has 3 N–H and O–H groups in total. The molecule has 4 heteroatoms. The van der Waals surface area contributed by atoms with Crippen LogP contribution < -0.4 is 10.6 Å². The normalized spacial score (nSPS) is 14.7. The van der Waals surface area contributed by atoms with E-state index in [1.165, 1.54) is 0 Å². The second kappa shape index (κ2) is 5.09. The van der Waals surface area contributed by atoms with Gasteiger partial charge in [0.05, 0.1) is 12.6 Å². The Morgan fingerprint density at radius 1 is 1.47 bits per heavy atom. The average Bonchev–Trinajstić information content (AvgIpc) is 2.27. The third-order valence-electron chi connectivity index (χ3n) is 2.58. The molecule has 0 radical (unpaired) electrons. The molecular weight excluding hydrogens is 190 g/mol. The predicted octanol–water partition coefficient (Wildman–Crippen LogP) is 0.918. The van der Waals surface area contributed by atoms with E-state index >= 15 is 0 Å². The van der Waals surface area contributed by atoms with Gasteiger partial charge in [0.15, 0.2) is 0 Å². The molecule has 0 saturated carbocycles. The predicted molar refractivity (Wildman–Crippen MR) is 61.8 cm³/mol. The lowest BCUT2D eigenvalue weighted by Crippen LogP contribution is -2.32. The van der Waals surface area contributed by atoms with E-state index in [-0.39, 0.29) is 18.7 Å². The largest absolute Gasteiger partial charge is 0.394 e. The molecule has 15 heavy (non-hydrogen) atoms. The summed E-state index contributed by atoms with van der Waals surface area (Å²) in [4.78, 5) is 6.24. The highest BCUT2D eigenvalue weighted by molar-refractivity contribution is 5.39. The standard InChI is InChI=1S/C11H19N3O/c1-8(7-15)14(3)11-5-4-10(6-13-11)9(2)12/h4-6,8-9,15H,7,12H2,1-3H3/t8?,9-/m1/s1. The third-order valence-corrected chi connectivity index (χ3v) is 2.58. The van der Waals surface area contributed by atoms with Crippen molar-refractivity contribution in [1.82, 2.24) is 4.98 Å². The molecule has 84 valence electrons. The molecule has 4 nitrogen and oxygen atoms in total. The van der Waals surface area contributed by atoms with Crippen molar-refractivity contribution in [2.75, 3.05) is 18.6 Å². The van der Waals surface area contributed by atoms with Crippen molar-refractivity contribution < 1.29 is 5.11 Å². The van der Waals surface area contributed by atoms with E-state index < -0.39 is 0 Å². The number of anilines is 1. The number of hydrogen-bond acceptors (Lipinski definition) is 4. The molecule has 1 unspecified atom stereocenters. The number of likely N-dealkylation sites (N-methyl/N-ethyl adjacent to an activating group) is 1. The maximum Gasteiger partial charge on any atom is 0.128 e. The van der Waals surface area contributed by atoms with Crippen molar-refractivity contribution in [2.45, 2.75) is 25.9 Å². The van der Waals surface area contributed by atoms with Gasteiger partial charge in [-0.05, 0) is 25.5 Å². The molecule has 2 atom stereocenters. The van der Waals surface area contributed by atoms with Crippen LogP contribution in [0.15, 0.2) is 18.3 Å². The molecule has 0 saturated heterocycles. The lowest BCUT2D eigenvalue weighted by molar-refractivity contribution is 0.270. The van der Waals surface area contributed by atoms with Crippen LogP contribution in [0.2, 0.25) is 0 Å². The van der Waals surface area contributed by atoms with E-state index in [4.69, 9.17) is 10.8 Å². The summed E-state index contributed by atoms with van der Waals surface area (Å²) in [6.45, 7) is 3.99. The fraction of sp³-hybridized carbons (Fsp3) is 0.545. The molecule has 0 bridgehead atoms. The number of nitrogens with two attached hydrogens (primary N) is 1. The summed E-state index contributed by atoms with van der Waals surface area (Å²) in [5, 5.41) is 9.02. The maximum atomic E-state index is 9.02. The number of aliphatic hydroxyl groups is 1. The van der Waals surface area contributed by atoms with Crippen molar-refractivity contribution in [2.24, 2.45) is 5.73 Å². The summed E-state index contributed by atoms with van der Waals surface area (Å²) in [6, 6.07) is 3.96. The number of nitrogens with zero attached hydrogens (tertiary/aromatic N) is 2. The van der Waals surface area contributed by atoms with Gasteiger partial charge in [-0.2, -0.15) is 0 Å². The molecule has 1 aromatic heterocycles. The zero-order chi connectivity index (χ0) is 11.4. The van der Waals surface area contributed by atoms with Crippen LogP contribution in [0, 0.1) is 0 Å². The van der Waals surface area contributed by atoms with E-state index in [0.717, 1.165) is 11.4 Å². The minimum Gasteiger partial charge on any atom is -0.394 e. The van der Waals surface area contributed by atoms with E-state index in [9.17, 15) is 0 Å². The van der Waals surface area contributed by atoms with Crippen LogP contribution in [0.1, 0.15) is 25.5 Å². The average molecular weight is 209 g/mol. The number of pyridine rings is 1. The van der Waals surface area contributed by atoms with Crippen LogP contribution in [0.5, 0.6) is 0 Å². The molecule has 0 aliphatic rings. The highest BCUT2D eigenvalue weighted by Gasteiger charge is 2.10. The van der Waals surface area contributed by atoms with Gasteiger partial charge in [0.25, 0.3) is 0 Å². The Morgan fingerprint density at radius 2 is 2.13 bits per heavy atom. The smallest absolute Gasteiger partial charge is 0.128 e. The quantitative estimate of drug-likeness (QED) is 0.774. The van der Waals surface area contributed by atoms with Gasteiger partial charge in [-0.25, -0.2) is 4.98 Å². The van der Waals surface area contributed by atoms with Crippen molar-refractivity contribution in [1.29, 1.82) is 0 Å². The summed E-state index contributed by atoms with van der Waals surface area (Å²) in [7, 11) is 1.91. The van der Waals surface area contributed by atoms with E-state index in [1.54, 1.807) is 6.20 Å². The highest BCUT2D eigenvalue weighted by atomic mass is 16.3. The van der Waals surface area contributed by atoms with Gasteiger partial charge in [0, 0.05) is 19.3 Å². The second-order valence-electron chi connectivity index (χ2n) is 3.88. The fourth-order valence-corrected chi connectivity index (χ4v) is 1.22. The summed E-state index contributed by atoms with van der Waals surface area (Å²) >= 11 is 0. The topological polar surface area (TPSA) is 62.4 Å². The van der Waals surface area contributed by atoms with Crippen LogP contribution in [0.4, 0.5) is 5.82 Å². The summed E-state index contributed by atoms with van der Waals surface area (Å²) in [5.74, 6) is 0.848. The monoisotopic (exact) mass is 209 g/mol. The molecular formula is C11H19N3O. The van der Waals surface area contributed by atoms with Gasteiger partial charge in [-0.15, -0.1) is 0 Å². The van der Waals surface area contributed by atoms with Crippen molar-refractivity contribution in [3.05, 3.63) is 23.9 Å². The molecule has 1 heterocycles. The van der Waals surface area contributed by atoms with Crippen molar-refractivity contribution >= 4 is 5.82 Å². The Hall–Kier alpha value is -1.13. The number of hydrogen-bond donors (Lipinski definition) is 2. The zero-order valence-electron chi connectivity index (χ0n) is 9.51. The fourth-order valence-electron chi connectivity index (χ4n) is 1.22. The van der Waals surface area contributed by atoms with Gasteiger partial charge in [0.2, 0.25) is 0 Å². The Morgan fingerprint density at radius 3 is 2.53 bits per heavy atom. The Labute approximate surface area is 90.7 Å². The molecule has 1 rings (SSSR count). The van der Waals surface area contributed by atoms with Crippen LogP contribution in [0.3, 0.4) is 0 Å². The number of aliphatic hydroxyl groups excluding tert-OH is 1. The Bertz CT molecular complexity index is 297. The highest BCUT2D eigenvalue weighted by Crippen LogP contribution is 2.15. The third kappa shape index (κ3) is 2.91. The summed E-state index contributed by atoms with van der Waals surface area (Å²) < 4.78 is 0. The first-order chi connectivity index (χ1) is 7.06. The van der Waals surface area contributed by atoms with Crippen LogP contribution in [0.25, 0.3) is 0 Å². The minimum absolute atomic E-state index is 0.00659. The van der Waals surface area contributed by atoms with Gasteiger partial charge in [-0.3, -0.25) is 0 Å². The molecule has 1 aromatic rings. The Kier molecular flexibility index (Phi) is 4.05. The van der Waals surface area contributed by atoms with E-state index in [0.29, 0.717) is 0 Å². The maximum absolute atomic E-state index is 9.02. The van der Waals surface area contributed by atoms with Gasteiger partial charge in [-0.1, -0.05) is 6.07 Å². The van der Waals surface area contributed by atoms with Crippen LogP contribution in [-0.4, -0.2) is 29.8 Å². The number of rotatable bonds is 4. The lowest BCUT2D eigenvalue weighted by atomic mass is 10.1. The molecule has 0 spiro atoms. The van der Waals surface area contributed by atoms with Crippen molar-refractivity contribution in [3.8, 4) is 0 Å². The molecule has 0 aliphatic carbocycles. The SMILES string of the molecule is CC(CO)N(C)c1ccc([C@@H](C)N)cn1. The first kappa shape index (κ1) is 11.9. The molecule has 0 fully saturated rings. The minimum atomic E-state index is 0.00659.